The molecule has 6 heteroatoms. The van der Waals surface area contributed by atoms with Crippen molar-refractivity contribution in [3.63, 3.8) is 0 Å². The number of nitrogens with zero attached hydrogens (tertiary/aromatic N) is 2. The molecule has 0 unspecified atom stereocenters. The van der Waals surface area contributed by atoms with Crippen molar-refractivity contribution in [1.29, 1.82) is 0 Å². The van der Waals surface area contributed by atoms with Crippen LogP contribution in [0.15, 0.2) is 30.3 Å². The molecular formula is C17H29Cl2N3O. The minimum absolute atomic E-state index is 0. The summed E-state index contributed by atoms with van der Waals surface area (Å²) in [5.74, 6) is 0.255. The molecule has 0 bridgehead atoms. The first-order valence-corrected chi connectivity index (χ1v) is 7.87. The van der Waals surface area contributed by atoms with E-state index >= 15 is 0 Å². The highest BCUT2D eigenvalue weighted by atomic mass is 35.5. The summed E-state index contributed by atoms with van der Waals surface area (Å²) in [6.45, 7) is 3.92. The highest BCUT2D eigenvalue weighted by Crippen LogP contribution is 2.18. The number of carbonyl (C=O) groups excluding carboxylic acids is 1. The number of amides is 1. The third-order valence-electron chi connectivity index (χ3n) is 4.34. The van der Waals surface area contributed by atoms with Crippen LogP contribution in [0.2, 0.25) is 0 Å². The summed E-state index contributed by atoms with van der Waals surface area (Å²) in [6.07, 6.45) is 2.75. The average Bonchev–Trinajstić information content (AvgIpc) is 2.53. The van der Waals surface area contributed by atoms with Gasteiger partial charge in [0, 0.05) is 45.7 Å². The van der Waals surface area contributed by atoms with Gasteiger partial charge in [0.2, 0.25) is 5.91 Å². The van der Waals surface area contributed by atoms with E-state index in [4.69, 9.17) is 0 Å². The summed E-state index contributed by atoms with van der Waals surface area (Å²) in [4.78, 5) is 16.5. The van der Waals surface area contributed by atoms with Crippen LogP contribution in [0.4, 0.5) is 0 Å². The summed E-state index contributed by atoms with van der Waals surface area (Å²) < 4.78 is 0. The van der Waals surface area contributed by atoms with Crippen LogP contribution in [0.1, 0.15) is 24.8 Å². The molecule has 1 heterocycles. The van der Waals surface area contributed by atoms with Crippen molar-refractivity contribution in [1.82, 2.24) is 15.1 Å². The van der Waals surface area contributed by atoms with Crippen LogP contribution in [0.25, 0.3) is 0 Å². The summed E-state index contributed by atoms with van der Waals surface area (Å²) >= 11 is 0. The van der Waals surface area contributed by atoms with E-state index in [0.717, 1.165) is 39.0 Å². The van der Waals surface area contributed by atoms with E-state index in [-0.39, 0.29) is 30.7 Å². The molecule has 0 spiro atoms. The van der Waals surface area contributed by atoms with E-state index in [2.05, 4.69) is 40.5 Å². The second-order valence-electron chi connectivity index (χ2n) is 5.85. The number of likely N-dealkylation sites (tertiary alicyclic amines) is 1. The Morgan fingerprint density at radius 1 is 1.22 bits per heavy atom. The first-order valence-electron chi connectivity index (χ1n) is 7.87. The fraction of sp³-hybridized carbons (Fsp3) is 0.588. The first-order chi connectivity index (χ1) is 10.2. The van der Waals surface area contributed by atoms with Crippen molar-refractivity contribution in [2.24, 2.45) is 0 Å². The molecule has 0 saturated carbocycles. The largest absolute Gasteiger partial charge is 0.343 e. The predicted octanol–water partition coefficient (Wildman–Crippen LogP) is 2.56. The normalized spacial score (nSPS) is 15.4. The molecule has 1 aromatic carbocycles. The molecule has 1 fully saturated rings. The third kappa shape index (κ3) is 7.08. The molecule has 0 aromatic heterocycles. The Balaban J connectivity index is 0.00000242. The SMILES string of the molecule is CNCCC(=O)N(C)C1CCN(Cc2ccccc2)CC1.Cl.Cl. The molecule has 1 aliphatic rings. The second-order valence-corrected chi connectivity index (χ2v) is 5.85. The number of hydrogen-bond acceptors (Lipinski definition) is 3. The Bertz CT molecular complexity index is 437. The van der Waals surface area contributed by atoms with Crippen molar-refractivity contribution >= 4 is 30.7 Å². The van der Waals surface area contributed by atoms with Gasteiger partial charge in [0.05, 0.1) is 0 Å². The van der Waals surface area contributed by atoms with Gasteiger partial charge in [-0.05, 0) is 25.5 Å². The van der Waals surface area contributed by atoms with Gasteiger partial charge in [-0.2, -0.15) is 0 Å². The first kappa shape index (κ1) is 22.2. The minimum Gasteiger partial charge on any atom is -0.343 e. The molecule has 1 saturated heterocycles. The van der Waals surface area contributed by atoms with Crippen LogP contribution in [0, 0.1) is 0 Å². The molecule has 4 nitrogen and oxygen atoms in total. The zero-order valence-corrected chi connectivity index (χ0v) is 15.7. The lowest BCUT2D eigenvalue weighted by Gasteiger charge is -2.36. The Labute approximate surface area is 152 Å². The van der Waals surface area contributed by atoms with Crippen molar-refractivity contribution in [2.75, 3.05) is 33.7 Å². The van der Waals surface area contributed by atoms with Crippen LogP contribution in [0.5, 0.6) is 0 Å². The summed E-state index contributed by atoms with van der Waals surface area (Å²) in [7, 11) is 3.84. The summed E-state index contributed by atoms with van der Waals surface area (Å²) in [6, 6.07) is 11.0. The van der Waals surface area contributed by atoms with E-state index in [1.165, 1.54) is 5.56 Å². The van der Waals surface area contributed by atoms with Gasteiger partial charge in [-0.3, -0.25) is 9.69 Å². The summed E-state index contributed by atoms with van der Waals surface area (Å²) in [5.41, 5.74) is 1.37. The van der Waals surface area contributed by atoms with Gasteiger partial charge in [-0.25, -0.2) is 0 Å². The van der Waals surface area contributed by atoms with Crippen LogP contribution >= 0.6 is 24.8 Å². The van der Waals surface area contributed by atoms with Gasteiger partial charge in [-0.1, -0.05) is 30.3 Å². The van der Waals surface area contributed by atoms with Crippen LogP contribution < -0.4 is 5.32 Å². The standard InChI is InChI=1S/C17H27N3O.2ClH/c1-18-11-8-17(21)19(2)16-9-12-20(13-10-16)14-15-6-4-3-5-7-15;;/h3-7,16,18H,8-14H2,1-2H3;2*1H. The molecule has 0 aliphatic carbocycles. The minimum atomic E-state index is 0. The lowest BCUT2D eigenvalue weighted by molar-refractivity contribution is -0.132. The van der Waals surface area contributed by atoms with E-state index in [9.17, 15) is 4.79 Å². The monoisotopic (exact) mass is 361 g/mol. The van der Waals surface area contributed by atoms with E-state index in [0.29, 0.717) is 12.5 Å². The van der Waals surface area contributed by atoms with Gasteiger partial charge in [0.15, 0.2) is 0 Å². The average molecular weight is 362 g/mol. The molecule has 23 heavy (non-hydrogen) atoms. The maximum absolute atomic E-state index is 12.0. The second kappa shape index (κ2) is 11.7. The van der Waals surface area contributed by atoms with Gasteiger partial charge in [0.1, 0.15) is 0 Å². The van der Waals surface area contributed by atoms with E-state index < -0.39 is 0 Å². The van der Waals surface area contributed by atoms with Gasteiger partial charge < -0.3 is 10.2 Å². The number of halogens is 2. The molecule has 132 valence electrons. The maximum Gasteiger partial charge on any atom is 0.223 e. The van der Waals surface area contributed by atoms with Gasteiger partial charge in [0.25, 0.3) is 0 Å². The number of carbonyl (C=O) groups is 1. The Morgan fingerprint density at radius 2 is 1.83 bits per heavy atom. The molecule has 1 aromatic rings. The lowest BCUT2D eigenvalue weighted by Crippen LogP contribution is -2.45. The molecular weight excluding hydrogens is 333 g/mol. The number of nitrogens with one attached hydrogen (secondary N) is 1. The van der Waals surface area contributed by atoms with Gasteiger partial charge >= 0.3 is 0 Å². The molecule has 1 N–H and O–H groups in total. The fourth-order valence-electron chi connectivity index (χ4n) is 2.92. The number of rotatable bonds is 6. The zero-order valence-electron chi connectivity index (χ0n) is 14.0. The van der Waals surface area contributed by atoms with E-state index in [1.807, 2.05) is 19.0 Å². The van der Waals surface area contributed by atoms with Crippen LogP contribution in [0.3, 0.4) is 0 Å². The van der Waals surface area contributed by atoms with Crippen molar-refractivity contribution < 1.29 is 4.79 Å². The zero-order chi connectivity index (χ0) is 15.1. The van der Waals surface area contributed by atoms with E-state index in [1.54, 1.807) is 0 Å². The number of hydrogen-bond donors (Lipinski definition) is 1. The molecule has 1 aliphatic heterocycles. The topological polar surface area (TPSA) is 35.6 Å². The molecule has 0 radical (unpaired) electrons. The highest BCUT2D eigenvalue weighted by molar-refractivity contribution is 5.85. The quantitative estimate of drug-likeness (QED) is 0.845. The summed E-state index contributed by atoms with van der Waals surface area (Å²) in [5, 5.41) is 3.04. The fourth-order valence-corrected chi connectivity index (χ4v) is 2.92. The number of benzene rings is 1. The molecule has 2 rings (SSSR count). The third-order valence-corrected chi connectivity index (χ3v) is 4.34. The van der Waals surface area contributed by atoms with Crippen molar-refractivity contribution in [2.45, 2.75) is 31.8 Å². The maximum atomic E-state index is 12.0. The van der Waals surface area contributed by atoms with Crippen LogP contribution in [-0.4, -0.2) is 55.5 Å². The Morgan fingerprint density at radius 3 is 2.39 bits per heavy atom. The predicted molar refractivity (Wildman–Crippen MR) is 101 cm³/mol. The molecule has 1 amide bonds. The van der Waals surface area contributed by atoms with Crippen molar-refractivity contribution in [3.8, 4) is 0 Å². The van der Waals surface area contributed by atoms with Crippen LogP contribution in [-0.2, 0) is 11.3 Å². The van der Waals surface area contributed by atoms with Gasteiger partial charge in [-0.15, -0.1) is 24.8 Å². The smallest absolute Gasteiger partial charge is 0.223 e. The number of piperidine rings is 1. The lowest BCUT2D eigenvalue weighted by atomic mass is 10.0. The Hall–Kier alpha value is -0.810. The Kier molecular flexibility index (Phi) is 11.3. The molecule has 0 atom stereocenters. The van der Waals surface area contributed by atoms with Crippen molar-refractivity contribution in [3.05, 3.63) is 35.9 Å². The highest BCUT2D eigenvalue weighted by Gasteiger charge is 2.24.